The van der Waals surface area contributed by atoms with Crippen molar-refractivity contribution in [2.45, 2.75) is 12.5 Å². The van der Waals surface area contributed by atoms with Gasteiger partial charge in [0.25, 0.3) is 11.6 Å². The summed E-state index contributed by atoms with van der Waals surface area (Å²) in [6.07, 6.45) is -0.0784. The largest absolute Gasteiger partial charge is 0.494 e. The highest BCUT2D eigenvalue weighted by Gasteiger charge is 2.28. The predicted octanol–water partition coefficient (Wildman–Crippen LogP) is 4.96. The van der Waals surface area contributed by atoms with Crippen molar-refractivity contribution in [1.29, 1.82) is 0 Å². The van der Waals surface area contributed by atoms with E-state index in [9.17, 15) is 19.7 Å². The lowest BCUT2D eigenvalue weighted by atomic mass is 9.93. The summed E-state index contributed by atoms with van der Waals surface area (Å²) in [6, 6.07) is 15.7. The molecule has 1 amide bonds. The number of nitrogens with one attached hydrogen (secondary N) is 1. The van der Waals surface area contributed by atoms with Gasteiger partial charge in [0.15, 0.2) is 0 Å². The van der Waals surface area contributed by atoms with E-state index in [0.717, 1.165) is 5.56 Å². The summed E-state index contributed by atoms with van der Waals surface area (Å²) in [5.41, 5.74) is 2.36. The maximum atomic E-state index is 12.8. The Labute approximate surface area is 187 Å². The molecule has 1 atom stereocenters. The Bertz CT molecular complexity index is 1230. The number of fused-ring (bicyclic) bond motifs is 1. The first-order valence-corrected chi connectivity index (χ1v) is 9.96. The van der Waals surface area contributed by atoms with Gasteiger partial charge in [0.05, 0.1) is 29.4 Å². The first-order valence-electron chi connectivity index (χ1n) is 9.59. The first-order chi connectivity index (χ1) is 15.4. The minimum Gasteiger partial charge on any atom is -0.494 e. The summed E-state index contributed by atoms with van der Waals surface area (Å²) >= 11 is 5.93. The highest BCUT2D eigenvalue weighted by Crippen LogP contribution is 2.33. The third-order valence-corrected chi connectivity index (χ3v) is 5.38. The van der Waals surface area contributed by atoms with Crippen molar-refractivity contribution in [3.63, 3.8) is 0 Å². The molecule has 0 fully saturated rings. The van der Waals surface area contributed by atoms with E-state index in [1.54, 1.807) is 36.4 Å². The van der Waals surface area contributed by atoms with Crippen molar-refractivity contribution in [1.82, 2.24) is 0 Å². The van der Waals surface area contributed by atoms with E-state index in [4.69, 9.17) is 21.1 Å². The SMILES string of the molecule is COc1cc([N+](=O)[O-])ccc1NC(=O)c1ccc2c(c1)C[C@@H](c1ccc(Cl)cc1)OC2=O. The summed E-state index contributed by atoms with van der Waals surface area (Å²) in [5, 5.41) is 14.2. The second-order valence-electron chi connectivity index (χ2n) is 7.12. The van der Waals surface area contributed by atoms with Crippen molar-refractivity contribution in [2.24, 2.45) is 0 Å². The molecule has 0 unspecified atom stereocenters. The molecule has 162 valence electrons. The third-order valence-electron chi connectivity index (χ3n) is 5.13. The molecule has 0 saturated heterocycles. The summed E-state index contributed by atoms with van der Waals surface area (Å²) in [6.45, 7) is 0. The standard InChI is InChI=1S/C23H17ClN2O6/c1-31-21-12-17(26(29)30)7-9-19(21)25-22(27)14-4-8-18-15(10-14)11-20(32-23(18)28)13-2-5-16(24)6-3-13/h2-10,12,20H,11H2,1H3,(H,25,27)/t20-/m0/s1. The molecule has 1 N–H and O–H groups in total. The molecule has 8 nitrogen and oxygen atoms in total. The fourth-order valence-corrected chi connectivity index (χ4v) is 3.62. The van der Waals surface area contributed by atoms with Gasteiger partial charge in [-0.25, -0.2) is 4.79 Å². The van der Waals surface area contributed by atoms with E-state index in [1.807, 2.05) is 0 Å². The van der Waals surface area contributed by atoms with Gasteiger partial charge in [0.1, 0.15) is 11.9 Å². The van der Waals surface area contributed by atoms with Crippen LogP contribution >= 0.6 is 11.6 Å². The molecule has 0 aromatic heterocycles. The number of nitro groups is 1. The maximum Gasteiger partial charge on any atom is 0.339 e. The topological polar surface area (TPSA) is 108 Å². The smallest absolute Gasteiger partial charge is 0.339 e. The summed E-state index contributed by atoms with van der Waals surface area (Å²) < 4.78 is 10.7. The van der Waals surface area contributed by atoms with Crippen molar-refractivity contribution in [3.05, 3.63) is 98.1 Å². The van der Waals surface area contributed by atoms with E-state index in [2.05, 4.69) is 5.32 Å². The van der Waals surface area contributed by atoms with Crippen molar-refractivity contribution in [3.8, 4) is 5.75 Å². The zero-order chi connectivity index (χ0) is 22.8. The lowest BCUT2D eigenvalue weighted by molar-refractivity contribution is -0.384. The van der Waals surface area contributed by atoms with E-state index in [1.165, 1.54) is 31.4 Å². The van der Waals surface area contributed by atoms with E-state index in [0.29, 0.717) is 33.8 Å². The number of nitro benzene ring substituents is 1. The Balaban J connectivity index is 1.58. The first kappa shape index (κ1) is 21.3. The molecule has 4 rings (SSSR count). The normalized spacial score (nSPS) is 14.8. The molecular formula is C23H17ClN2O6. The number of cyclic esters (lactones) is 1. The number of carbonyl (C=O) groups is 2. The average molecular weight is 453 g/mol. The third kappa shape index (κ3) is 4.26. The van der Waals surface area contributed by atoms with E-state index in [-0.39, 0.29) is 11.4 Å². The maximum absolute atomic E-state index is 12.8. The number of rotatable bonds is 5. The van der Waals surface area contributed by atoms with Gasteiger partial charge in [0, 0.05) is 23.1 Å². The predicted molar refractivity (Wildman–Crippen MR) is 117 cm³/mol. The molecule has 3 aromatic carbocycles. The fraction of sp³-hybridized carbons (Fsp3) is 0.130. The van der Waals surface area contributed by atoms with Crippen LogP contribution in [0.4, 0.5) is 11.4 Å². The molecule has 1 heterocycles. The van der Waals surface area contributed by atoms with Crippen molar-refractivity contribution >= 4 is 34.9 Å². The fourth-order valence-electron chi connectivity index (χ4n) is 3.49. The molecule has 1 aliphatic heterocycles. The van der Waals surface area contributed by atoms with Crippen LogP contribution in [-0.4, -0.2) is 23.9 Å². The lowest BCUT2D eigenvalue weighted by Crippen LogP contribution is -2.23. The second-order valence-corrected chi connectivity index (χ2v) is 7.55. The number of esters is 1. The van der Waals surface area contributed by atoms with Gasteiger partial charge in [-0.05, 0) is 47.5 Å². The Hall–Kier alpha value is -3.91. The number of amides is 1. The monoisotopic (exact) mass is 452 g/mol. The van der Waals surface area contributed by atoms with Gasteiger partial charge < -0.3 is 14.8 Å². The van der Waals surface area contributed by atoms with Gasteiger partial charge in [-0.3, -0.25) is 14.9 Å². The van der Waals surface area contributed by atoms with Gasteiger partial charge in [-0.15, -0.1) is 0 Å². The van der Waals surface area contributed by atoms with Crippen LogP contribution in [0.2, 0.25) is 5.02 Å². The van der Waals surface area contributed by atoms with Crippen LogP contribution in [-0.2, 0) is 11.2 Å². The second kappa shape index (κ2) is 8.68. The van der Waals surface area contributed by atoms with Crippen LogP contribution in [0.1, 0.15) is 37.9 Å². The number of anilines is 1. The Kier molecular flexibility index (Phi) is 5.79. The summed E-state index contributed by atoms with van der Waals surface area (Å²) in [7, 11) is 1.36. The van der Waals surface area contributed by atoms with Crippen molar-refractivity contribution < 1.29 is 24.0 Å². The van der Waals surface area contributed by atoms with E-state index < -0.39 is 22.9 Å². The number of ether oxygens (including phenoxy) is 2. The quantitative estimate of drug-likeness (QED) is 0.333. The van der Waals surface area contributed by atoms with Gasteiger partial charge in [-0.2, -0.15) is 0 Å². The minimum absolute atomic E-state index is 0.152. The molecule has 3 aromatic rings. The molecule has 0 saturated carbocycles. The van der Waals surface area contributed by atoms with Crippen LogP contribution in [0, 0.1) is 10.1 Å². The Morgan fingerprint density at radius 3 is 2.59 bits per heavy atom. The molecule has 0 aliphatic carbocycles. The molecule has 0 spiro atoms. The Morgan fingerprint density at radius 1 is 1.16 bits per heavy atom. The molecule has 1 aliphatic rings. The van der Waals surface area contributed by atoms with E-state index >= 15 is 0 Å². The average Bonchev–Trinajstić information content (AvgIpc) is 2.79. The highest BCUT2D eigenvalue weighted by molar-refractivity contribution is 6.30. The summed E-state index contributed by atoms with van der Waals surface area (Å²) in [5.74, 6) is -0.742. The molecule has 0 bridgehead atoms. The molecular weight excluding hydrogens is 436 g/mol. The van der Waals surface area contributed by atoms with Crippen molar-refractivity contribution in [2.75, 3.05) is 12.4 Å². The Morgan fingerprint density at radius 2 is 1.91 bits per heavy atom. The minimum atomic E-state index is -0.548. The number of halogens is 1. The number of carbonyl (C=O) groups excluding carboxylic acids is 2. The zero-order valence-electron chi connectivity index (χ0n) is 16.8. The van der Waals surface area contributed by atoms with Gasteiger partial charge >= 0.3 is 5.97 Å². The van der Waals surface area contributed by atoms with Crippen LogP contribution in [0.15, 0.2) is 60.7 Å². The van der Waals surface area contributed by atoms with Crippen LogP contribution in [0.5, 0.6) is 5.75 Å². The van der Waals surface area contributed by atoms with Gasteiger partial charge in [-0.1, -0.05) is 23.7 Å². The number of hydrogen-bond donors (Lipinski definition) is 1. The van der Waals surface area contributed by atoms with Crippen LogP contribution in [0.25, 0.3) is 0 Å². The number of hydrogen-bond acceptors (Lipinski definition) is 6. The molecule has 9 heteroatoms. The summed E-state index contributed by atoms with van der Waals surface area (Å²) in [4.78, 5) is 35.7. The zero-order valence-corrected chi connectivity index (χ0v) is 17.6. The number of non-ortho nitro benzene ring substituents is 1. The highest BCUT2D eigenvalue weighted by atomic mass is 35.5. The van der Waals surface area contributed by atoms with Crippen LogP contribution < -0.4 is 10.1 Å². The number of nitrogens with zero attached hydrogens (tertiary/aromatic N) is 1. The lowest BCUT2D eigenvalue weighted by Gasteiger charge is -2.25. The number of methoxy groups -OCH3 is 1. The van der Waals surface area contributed by atoms with Gasteiger partial charge in [0.2, 0.25) is 0 Å². The van der Waals surface area contributed by atoms with Crippen LogP contribution in [0.3, 0.4) is 0 Å². The molecule has 32 heavy (non-hydrogen) atoms. The molecule has 0 radical (unpaired) electrons. The number of benzene rings is 3.